The van der Waals surface area contributed by atoms with Crippen LogP contribution >= 0.6 is 0 Å². The predicted molar refractivity (Wildman–Crippen MR) is 140 cm³/mol. The Morgan fingerprint density at radius 3 is 2.05 bits per heavy atom. The van der Waals surface area contributed by atoms with Gasteiger partial charge >= 0.3 is 23.9 Å². The van der Waals surface area contributed by atoms with Crippen molar-refractivity contribution in [1.29, 1.82) is 0 Å². The molecule has 6 rings (SSSR count). The summed E-state index contributed by atoms with van der Waals surface area (Å²) in [6.45, 7) is 10.3. The van der Waals surface area contributed by atoms with Crippen molar-refractivity contribution >= 4 is 23.9 Å². The minimum atomic E-state index is -1.38. The van der Waals surface area contributed by atoms with Crippen LogP contribution in [0.5, 0.6) is 0 Å². The van der Waals surface area contributed by atoms with Crippen LogP contribution < -0.4 is 0 Å². The van der Waals surface area contributed by atoms with Gasteiger partial charge in [-0.05, 0) is 38.0 Å². The molecule has 6 aliphatic rings. The van der Waals surface area contributed by atoms with Crippen LogP contribution in [0, 0.1) is 23.7 Å². The summed E-state index contributed by atoms with van der Waals surface area (Å²) in [6, 6.07) is 0. The smallest absolute Gasteiger partial charge is 0.303 e. The molecular weight excluding hydrogens is 572 g/mol. The standard InChI is InChI=1S/C29H42O14/c1-13-8-9-20-14(2)25(40-27-29(20)19(13)10-11-28(7,41-27)42-43-29)39-26-24(37-18(6)33)23(36-17(5)32)22(35-16(4)31)21(38-26)12-34-15(3)30/h13-14,19-27H,8-12H2,1-7H3/t13-,14-,19+,20+,21-,22-,23+,24-,25+,26+,27-,28-,29-/m1/s1. The fourth-order valence-electron chi connectivity index (χ4n) is 7.46. The maximum atomic E-state index is 12.3. The van der Waals surface area contributed by atoms with Crippen molar-refractivity contribution in [2.24, 2.45) is 23.7 Å². The molecule has 5 saturated heterocycles. The molecule has 0 amide bonds. The minimum Gasteiger partial charge on any atom is -0.463 e. The number of hydrogen-bond acceptors (Lipinski definition) is 14. The van der Waals surface area contributed by atoms with E-state index in [4.69, 9.17) is 47.7 Å². The molecule has 0 radical (unpaired) electrons. The van der Waals surface area contributed by atoms with Gasteiger partial charge in [-0.25, -0.2) is 9.78 Å². The zero-order valence-corrected chi connectivity index (χ0v) is 25.6. The minimum absolute atomic E-state index is 0.0780. The normalized spacial score (nSPS) is 45.2. The molecule has 0 N–H and O–H groups in total. The van der Waals surface area contributed by atoms with Crippen LogP contribution in [0.1, 0.15) is 74.1 Å². The summed E-state index contributed by atoms with van der Waals surface area (Å²) >= 11 is 0. The number of ether oxygens (including phenoxy) is 8. The van der Waals surface area contributed by atoms with Crippen LogP contribution in [-0.2, 0) is 66.8 Å². The van der Waals surface area contributed by atoms with Crippen molar-refractivity contribution in [3.8, 4) is 0 Å². The second-order valence-electron chi connectivity index (χ2n) is 12.5. The summed E-state index contributed by atoms with van der Waals surface area (Å²) in [5.74, 6) is -3.63. The van der Waals surface area contributed by atoms with Crippen LogP contribution in [0.4, 0.5) is 0 Å². The zero-order valence-electron chi connectivity index (χ0n) is 25.6. The van der Waals surface area contributed by atoms with Crippen molar-refractivity contribution in [3.63, 3.8) is 0 Å². The van der Waals surface area contributed by atoms with Crippen LogP contribution in [0.15, 0.2) is 0 Å². The summed E-state index contributed by atoms with van der Waals surface area (Å²) in [7, 11) is 0. The van der Waals surface area contributed by atoms with E-state index in [-0.39, 0.29) is 24.4 Å². The SMILES string of the molecule is CC(=O)OC[C@H]1O[C@@H](O[C@H]2O[C@@H]3O[C@@]4(C)CC[C@H]5[C@H](C)CC[C@@H]([C@H]2C)[C@@]35OO4)[C@H](OC(C)=O)[C@@H](OC(C)=O)[C@@H]1OC(C)=O. The molecule has 0 unspecified atom stereocenters. The van der Waals surface area contributed by atoms with Crippen LogP contribution in [0.25, 0.3) is 0 Å². The molecule has 1 aliphatic carbocycles. The summed E-state index contributed by atoms with van der Waals surface area (Å²) < 4.78 is 47.2. The Kier molecular flexibility index (Phi) is 9.09. The lowest BCUT2D eigenvalue weighted by Crippen LogP contribution is -2.71. The molecule has 6 fully saturated rings. The van der Waals surface area contributed by atoms with E-state index < -0.39 is 78.6 Å². The highest BCUT2D eigenvalue weighted by molar-refractivity contribution is 5.68. The zero-order chi connectivity index (χ0) is 31.3. The molecular formula is C29H42O14. The van der Waals surface area contributed by atoms with Gasteiger partial charge in [0.05, 0.1) is 0 Å². The number of rotatable bonds is 7. The predicted octanol–water partition coefficient (Wildman–Crippen LogP) is 2.29. The summed E-state index contributed by atoms with van der Waals surface area (Å²) in [5.41, 5.74) is -0.839. The summed E-state index contributed by atoms with van der Waals surface area (Å²) in [6.07, 6.45) is -5.02. The molecule has 14 heteroatoms. The third-order valence-corrected chi connectivity index (χ3v) is 9.31. The van der Waals surface area contributed by atoms with Gasteiger partial charge in [0.1, 0.15) is 12.7 Å². The van der Waals surface area contributed by atoms with Crippen LogP contribution in [0.2, 0.25) is 0 Å². The van der Waals surface area contributed by atoms with Crippen molar-refractivity contribution in [1.82, 2.24) is 0 Å². The van der Waals surface area contributed by atoms with Crippen molar-refractivity contribution < 1.29 is 66.8 Å². The first-order valence-electron chi connectivity index (χ1n) is 14.9. The number of carbonyl (C=O) groups excluding carboxylic acids is 4. The maximum absolute atomic E-state index is 12.3. The quantitative estimate of drug-likeness (QED) is 0.233. The van der Waals surface area contributed by atoms with E-state index in [1.54, 1.807) is 0 Å². The van der Waals surface area contributed by atoms with E-state index in [0.717, 1.165) is 33.1 Å². The van der Waals surface area contributed by atoms with Crippen molar-refractivity contribution in [3.05, 3.63) is 0 Å². The lowest BCUT2D eigenvalue weighted by molar-refractivity contribution is -0.579. The van der Waals surface area contributed by atoms with E-state index in [1.165, 1.54) is 13.8 Å². The molecule has 5 heterocycles. The average molecular weight is 615 g/mol. The van der Waals surface area contributed by atoms with Gasteiger partial charge in [0.25, 0.3) is 0 Å². The van der Waals surface area contributed by atoms with Gasteiger partial charge in [-0.15, -0.1) is 0 Å². The highest BCUT2D eigenvalue weighted by atomic mass is 17.3. The summed E-state index contributed by atoms with van der Waals surface area (Å²) in [4.78, 5) is 60.2. The van der Waals surface area contributed by atoms with Gasteiger partial charge in [-0.1, -0.05) is 13.8 Å². The molecule has 13 atom stereocenters. The molecule has 242 valence electrons. The van der Waals surface area contributed by atoms with E-state index in [1.807, 2.05) is 13.8 Å². The largest absolute Gasteiger partial charge is 0.463 e. The molecule has 0 aromatic rings. The molecule has 5 aliphatic heterocycles. The van der Waals surface area contributed by atoms with Gasteiger partial charge in [0.2, 0.25) is 12.1 Å². The number of hydrogen-bond donors (Lipinski definition) is 0. The first kappa shape index (κ1) is 32.0. The third-order valence-electron chi connectivity index (χ3n) is 9.31. The first-order chi connectivity index (χ1) is 20.2. The van der Waals surface area contributed by atoms with Gasteiger partial charge in [-0.3, -0.25) is 19.2 Å². The van der Waals surface area contributed by atoms with Crippen LogP contribution in [-0.4, -0.2) is 85.2 Å². The number of carbonyl (C=O) groups is 4. The molecule has 0 aromatic carbocycles. The van der Waals surface area contributed by atoms with Crippen molar-refractivity contribution in [2.75, 3.05) is 6.61 Å². The Bertz CT molecular complexity index is 1100. The fourth-order valence-corrected chi connectivity index (χ4v) is 7.46. The number of fused-ring (bicyclic) bond motifs is 2. The van der Waals surface area contributed by atoms with E-state index in [0.29, 0.717) is 12.3 Å². The Morgan fingerprint density at radius 2 is 1.40 bits per heavy atom. The van der Waals surface area contributed by atoms with Crippen molar-refractivity contribution in [2.45, 2.75) is 129 Å². The molecule has 2 bridgehead atoms. The lowest BCUT2D eigenvalue weighted by atomic mass is 9.58. The van der Waals surface area contributed by atoms with Gasteiger partial charge in [0, 0.05) is 46.0 Å². The van der Waals surface area contributed by atoms with Gasteiger partial charge < -0.3 is 37.9 Å². The van der Waals surface area contributed by atoms with Gasteiger partial charge in [-0.2, -0.15) is 0 Å². The lowest BCUT2D eigenvalue weighted by Gasteiger charge is -2.60. The van der Waals surface area contributed by atoms with E-state index in [2.05, 4.69) is 6.92 Å². The Balaban J connectivity index is 1.47. The van der Waals surface area contributed by atoms with E-state index in [9.17, 15) is 19.2 Å². The molecule has 14 nitrogen and oxygen atoms in total. The highest BCUT2D eigenvalue weighted by Crippen LogP contribution is 2.60. The van der Waals surface area contributed by atoms with Gasteiger partial charge in [0.15, 0.2) is 36.5 Å². The Labute approximate surface area is 250 Å². The molecule has 43 heavy (non-hydrogen) atoms. The van der Waals surface area contributed by atoms with Crippen LogP contribution in [0.3, 0.4) is 0 Å². The molecule has 1 spiro atoms. The fraction of sp³-hybridized carbons (Fsp3) is 0.862. The number of esters is 4. The monoisotopic (exact) mass is 614 g/mol. The Morgan fingerprint density at radius 1 is 0.744 bits per heavy atom. The third kappa shape index (κ3) is 6.14. The summed E-state index contributed by atoms with van der Waals surface area (Å²) in [5, 5.41) is 0. The second kappa shape index (κ2) is 12.2. The molecule has 0 aromatic heterocycles. The maximum Gasteiger partial charge on any atom is 0.303 e. The topological polar surface area (TPSA) is 161 Å². The Hall–Kier alpha value is -2.36. The molecule has 1 saturated carbocycles. The average Bonchev–Trinajstić information content (AvgIpc) is 3.14. The second-order valence-corrected chi connectivity index (χ2v) is 12.5. The highest BCUT2D eigenvalue weighted by Gasteiger charge is 2.70. The first-order valence-corrected chi connectivity index (χ1v) is 14.9. The van der Waals surface area contributed by atoms with E-state index >= 15 is 0 Å².